The molecule has 0 saturated heterocycles. The number of rotatable bonds is 6. The third kappa shape index (κ3) is 3.92. The van der Waals surface area contributed by atoms with Gasteiger partial charge in [0.25, 0.3) is 5.91 Å². The largest absolute Gasteiger partial charge is 0.356 e. The first-order valence-corrected chi connectivity index (χ1v) is 13.6. The van der Waals surface area contributed by atoms with Crippen LogP contribution < -0.4 is 10.6 Å². The van der Waals surface area contributed by atoms with E-state index in [0.717, 1.165) is 59.8 Å². The molecular formula is C30H34N4O3. The zero-order valence-corrected chi connectivity index (χ0v) is 21.4. The van der Waals surface area contributed by atoms with Crippen LogP contribution in [0.4, 0.5) is 0 Å². The summed E-state index contributed by atoms with van der Waals surface area (Å²) >= 11 is 0. The van der Waals surface area contributed by atoms with Crippen LogP contribution in [0, 0.1) is 5.92 Å². The Morgan fingerprint density at radius 2 is 1.81 bits per heavy atom. The van der Waals surface area contributed by atoms with Gasteiger partial charge in [-0.3, -0.25) is 14.4 Å². The SMILES string of the molecule is CC[C@H](C)[C@H](NC(=O)[C@@H]1Cc2c([nH]c3ccccc23)[C@H]2c3ccccc3C(=O)N21)C(=O)NC1CCCC1. The van der Waals surface area contributed by atoms with Gasteiger partial charge in [-0.1, -0.05) is 69.5 Å². The van der Waals surface area contributed by atoms with Crippen LogP contribution in [0.3, 0.4) is 0 Å². The average molecular weight is 499 g/mol. The number of para-hydroxylation sites is 1. The van der Waals surface area contributed by atoms with Gasteiger partial charge < -0.3 is 20.5 Å². The molecule has 3 aliphatic rings. The number of benzene rings is 2. The summed E-state index contributed by atoms with van der Waals surface area (Å²) in [6.07, 6.45) is 5.39. The fourth-order valence-electron chi connectivity index (χ4n) is 6.45. The fourth-order valence-corrected chi connectivity index (χ4v) is 6.45. The van der Waals surface area contributed by atoms with Crippen LogP contribution in [0.15, 0.2) is 48.5 Å². The molecule has 7 nitrogen and oxygen atoms in total. The lowest BCUT2D eigenvalue weighted by molar-refractivity contribution is -0.133. The summed E-state index contributed by atoms with van der Waals surface area (Å²) in [5.41, 5.74) is 4.58. The molecule has 7 heteroatoms. The summed E-state index contributed by atoms with van der Waals surface area (Å²) in [5.74, 6) is -0.555. The molecule has 1 fully saturated rings. The number of carbonyl (C=O) groups excluding carboxylic acids is 3. The van der Waals surface area contributed by atoms with Gasteiger partial charge in [-0.2, -0.15) is 0 Å². The molecule has 0 unspecified atom stereocenters. The molecule has 2 aliphatic heterocycles. The monoisotopic (exact) mass is 498 g/mol. The van der Waals surface area contributed by atoms with Gasteiger partial charge in [-0.25, -0.2) is 0 Å². The van der Waals surface area contributed by atoms with Crippen molar-refractivity contribution in [2.75, 3.05) is 0 Å². The Labute approximate surface area is 217 Å². The zero-order chi connectivity index (χ0) is 25.7. The molecule has 3 heterocycles. The maximum absolute atomic E-state index is 14.0. The van der Waals surface area contributed by atoms with E-state index in [0.29, 0.717) is 12.0 Å². The molecule has 1 saturated carbocycles. The topological polar surface area (TPSA) is 94.3 Å². The number of nitrogens with zero attached hydrogens (tertiary/aromatic N) is 1. The highest BCUT2D eigenvalue weighted by Crippen LogP contribution is 2.46. The minimum atomic E-state index is -0.706. The Kier molecular flexibility index (Phi) is 6.01. The van der Waals surface area contributed by atoms with Crippen molar-refractivity contribution in [3.8, 4) is 0 Å². The van der Waals surface area contributed by atoms with E-state index in [1.807, 2.05) is 56.3 Å². The quantitative estimate of drug-likeness (QED) is 0.475. The minimum Gasteiger partial charge on any atom is -0.356 e. The number of carbonyl (C=O) groups is 3. The third-order valence-corrected chi connectivity index (χ3v) is 8.65. The Morgan fingerprint density at radius 1 is 1.08 bits per heavy atom. The molecular weight excluding hydrogens is 464 g/mol. The van der Waals surface area contributed by atoms with Crippen molar-refractivity contribution in [1.29, 1.82) is 0 Å². The zero-order valence-electron chi connectivity index (χ0n) is 21.4. The third-order valence-electron chi connectivity index (χ3n) is 8.65. The maximum atomic E-state index is 14.0. The van der Waals surface area contributed by atoms with Gasteiger partial charge in [0.2, 0.25) is 11.8 Å². The van der Waals surface area contributed by atoms with Gasteiger partial charge in [-0.15, -0.1) is 0 Å². The highest BCUT2D eigenvalue weighted by molar-refractivity contribution is 6.04. The molecule has 0 spiro atoms. The smallest absolute Gasteiger partial charge is 0.255 e. The Balaban J connectivity index is 1.36. The van der Waals surface area contributed by atoms with Gasteiger partial charge >= 0.3 is 0 Å². The summed E-state index contributed by atoms with van der Waals surface area (Å²) in [5, 5.41) is 7.33. The van der Waals surface area contributed by atoms with Crippen LogP contribution in [-0.4, -0.2) is 45.7 Å². The number of fused-ring (bicyclic) bond motifs is 7. The fraction of sp³-hybridized carbons (Fsp3) is 0.433. The molecule has 1 aliphatic carbocycles. The molecule has 6 rings (SSSR count). The second-order valence-corrected chi connectivity index (χ2v) is 10.8. The molecule has 3 aromatic rings. The highest BCUT2D eigenvalue weighted by atomic mass is 16.2. The predicted molar refractivity (Wildman–Crippen MR) is 142 cm³/mol. The first-order chi connectivity index (χ1) is 18.0. The molecule has 0 bridgehead atoms. The van der Waals surface area contributed by atoms with Gasteiger partial charge in [0, 0.05) is 34.6 Å². The number of amides is 3. The van der Waals surface area contributed by atoms with E-state index < -0.39 is 12.1 Å². The van der Waals surface area contributed by atoms with Crippen LogP contribution in [0.2, 0.25) is 0 Å². The number of hydrogen-bond acceptors (Lipinski definition) is 3. The highest BCUT2D eigenvalue weighted by Gasteiger charge is 2.49. The number of H-pyrrole nitrogens is 1. The van der Waals surface area contributed by atoms with Crippen LogP contribution in [0.1, 0.15) is 79.2 Å². The second kappa shape index (κ2) is 9.36. The molecule has 3 amide bonds. The number of aromatic amines is 1. The van der Waals surface area contributed by atoms with Crippen molar-refractivity contribution < 1.29 is 14.4 Å². The molecule has 1 aromatic heterocycles. The lowest BCUT2D eigenvalue weighted by Gasteiger charge is -2.38. The van der Waals surface area contributed by atoms with Crippen molar-refractivity contribution in [1.82, 2.24) is 20.5 Å². The molecule has 192 valence electrons. The maximum Gasteiger partial charge on any atom is 0.255 e. The Morgan fingerprint density at radius 3 is 2.59 bits per heavy atom. The predicted octanol–water partition coefficient (Wildman–Crippen LogP) is 4.23. The summed E-state index contributed by atoms with van der Waals surface area (Å²) in [6, 6.07) is 14.2. The number of hydrogen-bond donors (Lipinski definition) is 3. The van der Waals surface area contributed by atoms with Crippen molar-refractivity contribution >= 4 is 28.6 Å². The summed E-state index contributed by atoms with van der Waals surface area (Å²) in [6.45, 7) is 4.03. The number of nitrogens with one attached hydrogen (secondary N) is 3. The molecule has 0 radical (unpaired) electrons. The first-order valence-electron chi connectivity index (χ1n) is 13.6. The van der Waals surface area contributed by atoms with Crippen LogP contribution in [0.5, 0.6) is 0 Å². The van der Waals surface area contributed by atoms with E-state index in [2.05, 4.69) is 21.7 Å². The van der Waals surface area contributed by atoms with E-state index in [1.165, 1.54) is 0 Å². The van der Waals surface area contributed by atoms with E-state index in [4.69, 9.17) is 0 Å². The first kappa shape index (κ1) is 23.8. The molecule has 37 heavy (non-hydrogen) atoms. The van der Waals surface area contributed by atoms with Gasteiger partial charge in [0.05, 0.1) is 6.04 Å². The van der Waals surface area contributed by atoms with Gasteiger partial charge in [-0.05, 0) is 42.0 Å². The minimum absolute atomic E-state index is 0.0279. The van der Waals surface area contributed by atoms with E-state index in [1.54, 1.807) is 4.90 Å². The van der Waals surface area contributed by atoms with E-state index in [-0.39, 0.29) is 35.7 Å². The summed E-state index contributed by atoms with van der Waals surface area (Å²) in [4.78, 5) is 46.2. The van der Waals surface area contributed by atoms with Gasteiger partial charge in [0.1, 0.15) is 12.1 Å². The van der Waals surface area contributed by atoms with E-state index in [9.17, 15) is 14.4 Å². The van der Waals surface area contributed by atoms with Crippen LogP contribution >= 0.6 is 0 Å². The van der Waals surface area contributed by atoms with Crippen LogP contribution in [0.25, 0.3) is 10.9 Å². The lowest BCUT2D eigenvalue weighted by Crippen LogP contribution is -2.58. The Bertz CT molecular complexity index is 1370. The molecule has 2 aromatic carbocycles. The summed E-state index contributed by atoms with van der Waals surface area (Å²) in [7, 11) is 0. The van der Waals surface area contributed by atoms with Crippen LogP contribution in [-0.2, 0) is 16.0 Å². The van der Waals surface area contributed by atoms with Crippen molar-refractivity contribution in [3.05, 3.63) is 70.9 Å². The van der Waals surface area contributed by atoms with Crippen molar-refractivity contribution in [2.24, 2.45) is 5.92 Å². The normalized spacial score (nSPS) is 22.3. The van der Waals surface area contributed by atoms with E-state index >= 15 is 0 Å². The van der Waals surface area contributed by atoms with Crippen molar-refractivity contribution in [3.63, 3.8) is 0 Å². The van der Waals surface area contributed by atoms with Gasteiger partial charge in [0.15, 0.2) is 0 Å². The second-order valence-electron chi connectivity index (χ2n) is 10.8. The number of aromatic nitrogens is 1. The standard InChI is InChI=1S/C30H34N4O3/c1-3-17(2)25(29(36)31-18-10-4-5-11-18)33-28(35)24-16-22-19-12-8-9-15-23(19)32-26(22)27-20-13-6-7-14-21(20)30(37)34(24)27/h6-9,12-15,17-18,24-25,27,32H,3-5,10-11,16H2,1-2H3,(H,31,36)(H,33,35)/t17-,24-,25-,27+/m0/s1. The lowest BCUT2D eigenvalue weighted by atomic mass is 9.89. The molecule has 3 N–H and O–H groups in total. The Hall–Kier alpha value is -3.61. The molecule has 4 atom stereocenters. The average Bonchev–Trinajstić information content (AvgIpc) is 3.63. The van der Waals surface area contributed by atoms with Crippen molar-refractivity contribution in [2.45, 2.75) is 76.5 Å². The summed E-state index contributed by atoms with van der Waals surface area (Å²) < 4.78 is 0.